The number of hydrogen-bond acceptors (Lipinski definition) is 6. The van der Waals surface area contributed by atoms with Crippen LogP contribution in [0.1, 0.15) is 120 Å². The molecule has 2 amide bonds. The molecule has 6 rings (SSSR count). The molecular weight excluding hydrogens is 697 g/mol. The van der Waals surface area contributed by atoms with Gasteiger partial charge in [0.05, 0.1) is 12.1 Å². The summed E-state index contributed by atoms with van der Waals surface area (Å²) in [5.74, 6) is -0.434. The molecule has 2 atom stereocenters. The van der Waals surface area contributed by atoms with Crippen molar-refractivity contribution in [2.24, 2.45) is 0 Å². The van der Waals surface area contributed by atoms with Gasteiger partial charge in [0.1, 0.15) is 0 Å². The molecule has 4 aromatic rings. The van der Waals surface area contributed by atoms with E-state index >= 15 is 0 Å². The van der Waals surface area contributed by atoms with Crippen LogP contribution in [0, 0.1) is 0 Å². The van der Waals surface area contributed by atoms with Crippen molar-refractivity contribution in [1.29, 1.82) is 0 Å². The minimum absolute atomic E-state index is 0.0181. The number of unbranched alkanes of at least 4 members (excludes halogenated alkanes) is 5. The highest BCUT2D eigenvalue weighted by atomic mass is 16.2. The zero-order valence-corrected chi connectivity index (χ0v) is 32.8. The van der Waals surface area contributed by atoms with Gasteiger partial charge < -0.3 is 21.3 Å². The van der Waals surface area contributed by atoms with Crippen molar-refractivity contribution in [2.45, 2.75) is 115 Å². The number of benzene rings is 4. The zero-order chi connectivity index (χ0) is 39.0. The number of ketones is 2. The number of para-hydroxylation sites is 2. The van der Waals surface area contributed by atoms with Gasteiger partial charge in [-0.3, -0.25) is 19.2 Å². The Morgan fingerprint density at radius 3 is 1.23 bits per heavy atom. The standard InChI is InChI=1S/C48H58N4O4/c53-45(39-27-25-35-17-11-13-19-37(35)31-39)33-43(47(55)51-41-21-7-5-8-22-41)49-29-15-3-1-2-4-16-30-50-44(48(56)52-42-23-9-6-10-24-42)34-46(54)40-28-26-36-18-12-14-20-38(36)32-40/h5-10,21-28,31-32,43-44,49-50H,1-4,11-20,29-30,33-34H2,(H,51,55)(H,52,56). The maximum absolute atomic E-state index is 13.4. The van der Waals surface area contributed by atoms with Crippen LogP contribution in [-0.2, 0) is 35.3 Å². The van der Waals surface area contributed by atoms with Crippen LogP contribution in [0.25, 0.3) is 0 Å². The molecule has 2 aliphatic carbocycles. The summed E-state index contributed by atoms with van der Waals surface area (Å²) >= 11 is 0. The Morgan fingerprint density at radius 1 is 0.446 bits per heavy atom. The third-order valence-corrected chi connectivity index (χ3v) is 11.2. The average Bonchev–Trinajstić information content (AvgIpc) is 3.23. The largest absolute Gasteiger partial charge is 0.325 e. The Bertz CT molecular complexity index is 1770. The third kappa shape index (κ3) is 12.3. The molecule has 0 saturated heterocycles. The Hall–Kier alpha value is -4.92. The molecule has 8 heteroatoms. The van der Waals surface area contributed by atoms with E-state index in [-0.39, 0.29) is 36.2 Å². The van der Waals surface area contributed by atoms with E-state index in [9.17, 15) is 19.2 Å². The Kier molecular flexibility index (Phi) is 15.6. The molecule has 0 heterocycles. The minimum atomic E-state index is -0.629. The third-order valence-electron chi connectivity index (χ3n) is 11.2. The summed E-state index contributed by atoms with van der Waals surface area (Å²) in [6, 6.07) is 29.6. The van der Waals surface area contributed by atoms with Crippen LogP contribution in [0.2, 0.25) is 0 Å². The summed E-state index contributed by atoms with van der Waals surface area (Å²) in [5.41, 5.74) is 7.99. The van der Waals surface area contributed by atoms with E-state index in [0.717, 1.165) is 77.0 Å². The van der Waals surface area contributed by atoms with Gasteiger partial charge >= 0.3 is 0 Å². The van der Waals surface area contributed by atoms with Gasteiger partial charge in [-0.05, 0) is 136 Å². The molecule has 0 aliphatic heterocycles. The molecule has 0 bridgehead atoms. The highest BCUT2D eigenvalue weighted by Crippen LogP contribution is 2.25. The number of carbonyl (C=O) groups excluding carboxylic acids is 4. The van der Waals surface area contributed by atoms with Crippen molar-refractivity contribution in [2.75, 3.05) is 23.7 Å². The maximum Gasteiger partial charge on any atom is 0.241 e. The first-order chi connectivity index (χ1) is 27.4. The number of anilines is 2. The Labute approximate surface area is 332 Å². The van der Waals surface area contributed by atoms with Crippen LogP contribution < -0.4 is 21.3 Å². The first-order valence-corrected chi connectivity index (χ1v) is 20.9. The van der Waals surface area contributed by atoms with Gasteiger partial charge in [-0.15, -0.1) is 0 Å². The van der Waals surface area contributed by atoms with Gasteiger partial charge in [0, 0.05) is 35.3 Å². The molecule has 0 fully saturated rings. The van der Waals surface area contributed by atoms with E-state index in [0.29, 0.717) is 35.6 Å². The second kappa shape index (κ2) is 21.4. The molecular formula is C48H58N4O4. The van der Waals surface area contributed by atoms with Crippen LogP contribution in [0.5, 0.6) is 0 Å². The molecule has 294 valence electrons. The highest BCUT2D eigenvalue weighted by Gasteiger charge is 2.25. The number of rotatable bonds is 21. The first-order valence-electron chi connectivity index (χ1n) is 20.9. The molecule has 56 heavy (non-hydrogen) atoms. The van der Waals surface area contributed by atoms with Crippen LogP contribution in [-0.4, -0.2) is 48.6 Å². The molecule has 2 aliphatic rings. The molecule has 0 spiro atoms. The van der Waals surface area contributed by atoms with E-state index in [1.807, 2.05) is 84.9 Å². The van der Waals surface area contributed by atoms with Crippen LogP contribution >= 0.6 is 0 Å². The fraction of sp³-hybridized carbons (Fsp3) is 0.417. The fourth-order valence-corrected chi connectivity index (χ4v) is 7.95. The molecule has 0 aromatic heterocycles. The SMILES string of the molecule is O=C(CC(NCCCCCCCCNC(CC(=O)c1ccc2c(c1)CCCC2)C(=O)Nc1ccccc1)C(=O)Nc1ccccc1)c1ccc2c(c1)CCCC2. The molecule has 0 saturated carbocycles. The van der Waals surface area contributed by atoms with Gasteiger partial charge in [-0.25, -0.2) is 0 Å². The molecule has 4 N–H and O–H groups in total. The summed E-state index contributed by atoms with van der Waals surface area (Å²) < 4.78 is 0. The Morgan fingerprint density at radius 2 is 0.821 bits per heavy atom. The summed E-state index contributed by atoms with van der Waals surface area (Å²) in [7, 11) is 0. The van der Waals surface area contributed by atoms with Crippen LogP contribution in [0.15, 0.2) is 97.1 Å². The van der Waals surface area contributed by atoms with Crippen molar-refractivity contribution in [3.05, 3.63) is 130 Å². The predicted molar refractivity (Wildman–Crippen MR) is 225 cm³/mol. The van der Waals surface area contributed by atoms with E-state index < -0.39 is 12.1 Å². The number of carbonyl (C=O) groups is 4. The lowest BCUT2D eigenvalue weighted by Crippen LogP contribution is -2.42. The van der Waals surface area contributed by atoms with Gasteiger partial charge in [0.15, 0.2) is 11.6 Å². The monoisotopic (exact) mass is 754 g/mol. The summed E-state index contributed by atoms with van der Waals surface area (Å²) in [6.45, 7) is 1.28. The average molecular weight is 755 g/mol. The van der Waals surface area contributed by atoms with E-state index in [2.05, 4.69) is 33.4 Å². The van der Waals surface area contributed by atoms with Gasteiger partial charge in [-0.1, -0.05) is 86.3 Å². The highest BCUT2D eigenvalue weighted by molar-refractivity contribution is 6.03. The molecule has 0 radical (unpaired) electrons. The quantitative estimate of drug-likeness (QED) is 0.0499. The van der Waals surface area contributed by atoms with Crippen molar-refractivity contribution >= 4 is 34.8 Å². The van der Waals surface area contributed by atoms with E-state index in [1.54, 1.807) is 0 Å². The number of aryl methyl sites for hydroxylation is 4. The summed E-state index contributed by atoms with van der Waals surface area (Å²) in [4.78, 5) is 53.6. The van der Waals surface area contributed by atoms with Gasteiger partial charge in [0.25, 0.3) is 0 Å². The minimum Gasteiger partial charge on any atom is -0.325 e. The zero-order valence-electron chi connectivity index (χ0n) is 32.8. The second-order valence-corrected chi connectivity index (χ2v) is 15.5. The van der Waals surface area contributed by atoms with Crippen molar-refractivity contribution in [3.8, 4) is 0 Å². The fourth-order valence-electron chi connectivity index (χ4n) is 7.95. The summed E-state index contributed by atoms with van der Waals surface area (Å²) in [6.07, 6.45) is 14.9. The predicted octanol–water partition coefficient (Wildman–Crippen LogP) is 8.82. The van der Waals surface area contributed by atoms with Gasteiger partial charge in [-0.2, -0.15) is 0 Å². The second-order valence-electron chi connectivity index (χ2n) is 15.5. The number of amides is 2. The maximum atomic E-state index is 13.4. The number of fused-ring (bicyclic) bond motifs is 2. The number of nitrogens with one attached hydrogen (secondary N) is 4. The van der Waals surface area contributed by atoms with Crippen LogP contribution in [0.4, 0.5) is 11.4 Å². The molecule has 8 nitrogen and oxygen atoms in total. The first kappa shape index (κ1) is 40.7. The van der Waals surface area contributed by atoms with Crippen LogP contribution in [0.3, 0.4) is 0 Å². The topological polar surface area (TPSA) is 116 Å². The number of hydrogen-bond donors (Lipinski definition) is 4. The smallest absolute Gasteiger partial charge is 0.241 e. The lowest BCUT2D eigenvalue weighted by Gasteiger charge is -2.20. The lowest BCUT2D eigenvalue weighted by atomic mass is 9.89. The molecule has 2 unspecified atom stereocenters. The van der Waals surface area contributed by atoms with Gasteiger partial charge in [0.2, 0.25) is 11.8 Å². The van der Waals surface area contributed by atoms with Crippen molar-refractivity contribution in [1.82, 2.24) is 10.6 Å². The number of Topliss-reactive ketones (excluding diaryl/α,β-unsaturated/α-hetero) is 2. The molecule has 4 aromatic carbocycles. The van der Waals surface area contributed by atoms with Crippen molar-refractivity contribution < 1.29 is 19.2 Å². The normalized spacial score (nSPS) is 14.5. The van der Waals surface area contributed by atoms with E-state index in [4.69, 9.17) is 0 Å². The van der Waals surface area contributed by atoms with E-state index in [1.165, 1.54) is 35.1 Å². The lowest BCUT2D eigenvalue weighted by molar-refractivity contribution is -0.118. The summed E-state index contributed by atoms with van der Waals surface area (Å²) in [5, 5.41) is 12.7. The Balaban J connectivity index is 0.932. The van der Waals surface area contributed by atoms with Crippen molar-refractivity contribution in [3.63, 3.8) is 0 Å².